The number of rotatable bonds is 5. The van der Waals surface area contributed by atoms with Crippen LogP contribution in [0, 0.1) is 10.8 Å². The standard InChI is InChI=1S/C29H25F3N4O2/c1-2-35-24-11-9-21(29(30,31)32)15-25(24)36(22-6-4-3-5-7-22)27(38)28(26(35)37)13-12-19-14-18(8-10-23(19)28)20(16-33)17-34/h3-11,14-17,20,33-34H,2,12-13H2,1H3. The van der Waals surface area contributed by atoms with Crippen LogP contribution >= 0.6 is 0 Å². The first kappa shape index (κ1) is 25.4. The average Bonchev–Trinajstić information content (AvgIpc) is 3.27. The van der Waals surface area contributed by atoms with Crippen LogP contribution in [0.1, 0.15) is 41.5 Å². The molecule has 0 fully saturated rings. The molecule has 194 valence electrons. The summed E-state index contributed by atoms with van der Waals surface area (Å²) in [5.74, 6) is -1.62. The largest absolute Gasteiger partial charge is 0.416 e. The maximum Gasteiger partial charge on any atom is 0.416 e. The first-order chi connectivity index (χ1) is 18.2. The van der Waals surface area contributed by atoms with Gasteiger partial charge in [0.05, 0.1) is 22.9 Å². The second-order valence-electron chi connectivity index (χ2n) is 9.41. The fourth-order valence-corrected chi connectivity index (χ4v) is 5.57. The van der Waals surface area contributed by atoms with Gasteiger partial charge in [-0.15, -0.1) is 0 Å². The lowest BCUT2D eigenvalue weighted by Gasteiger charge is -2.32. The van der Waals surface area contributed by atoms with Gasteiger partial charge in [-0.05, 0) is 66.8 Å². The highest BCUT2D eigenvalue weighted by Crippen LogP contribution is 2.50. The van der Waals surface area contributed by atoms with Crippen molar-refractivity contribution in [1.29, 1.82) is 10.8 Å². The lowest BCUT2D eigenvalue weighted by atomic mass is 9.78. The highest BCUT2D eigenvalue weighted by Gasteiger charge is 2.57. The molecule has 2 amide bonds. The zero-order valence-electron chi connectivity index (χ0n) is 20.5. The molecule has 1 atom stereocenters. The number of carbonyl (C=O) groups is 2. The molecule has 1 aliphatic carbocycles. The number of likely N-dealkylation sites (N-methyl/N-ethyl adjacent to an activating group) is 1. The van der Waals surface area contributed by atoms with Gasteiger partial charge in [0.25, 0.3) is 5.91 Å². The number of nitrogens with one attached hydrogen (secondary N) is 2. The summed E-state index contributed by atoms with van der Waals surface area (Å²) >= 11 is 0. The van der Waals surface area contributed by atoms with Crippen LogP contribution < -0.4 is 9.80 Å². The molecule has 1 heterocycles. The highest BCUT2D eigenvalue weighted by atomic mass is 19.4. The molecule has 2 N–H and O–H groups in total. The Balaban J connectivity index is 1.78. The normalized spacial score (nSPS) is 19.7. The molecular weight excluding hydrogens is 493 g/mol. The zero-order valence-corrected chi connectivity index (χ0v) is 20.5. The van der Waals surface area contributed by atoms with Crippen LogP contribution in [-0.2, 0) is 27.6 Å². The van der Waals surface area contributed by atoms with E-state index in [9.17, 15) is 22.8 Å². The molecule has 9 heteroatoms. The van der Waals surface area contributed by atoms with Crippen molar-refractivity contribution >= 4 is 41.3 Å². The summed E-state index contributed by atoms with van der Waals surface area (Å²) in [6, 6.07) is 16.8. The van der Waals surface area contributed by atoms with E-state index in [0.717, 1.165) is 30.1 Å². The Morgan fingerprint density at radius 1 is 0.947 bits per heavy atom. The minimum absolute atomic E-state index is 0.000784. The van der Waals surface area contributed by atoms with E-state index < -0.39 is 34.9 Å². The van der Waals surface area contributed by atoms with Crippen LogP contribution in [0.4, 0.5) is 30.2 Å². The third-order valence-corrected chi connectivity index (χ3v) is 7.45. The molecule has 3 aromatic rings. The molecular formula is C29H25F3N4O2. The van der Waals surface area contributed by atoms with Crippen molar-refractivity contribution in [2.45, 2.75) is 37.3 Å². The second-order valence-corrected chi connectivity index (χ2v) is 9.41. The first-order valence-corrected chi connectivity index (χ1v) is 12.2. The van der Waals surface area contributed by atoms with Crippen molar-refractivity contribution in [2.75, 3.05) is 16.3 Å². The second kappa shape index (κ2) is 9.24. The third kappa shape index (κ3) is 3.72. The summed E-state index contributed by atoms with van der Waals surface area (Å²) in [6.07, 6.45) is -1.79. The lowest BCUT2D eigenvalue weighted by molar-refractivity contribution is -0.138. The van der Waals surface area contributed by atoms with E-state index in [2.05, 4.69) is 0 Å². The quantitative estimate of drug-likeness (QED) is 0.320. The number of fused-ring (bicyclic) bond motifs is 3. The number of alkyl halides is 3. The van der Waals surface area contributed by atoms with Crippen molar-refractivity contribution in [3.05, 3.63) is 89.0 Å². The number of hydrogen-bond donors (Lipinski definition) is 2. The molecule has 1 aliphatic heterocycles. The van der Waals surface area contributed by atoms with Crippen molar-refractivity contribution in [3.8, 4) is 0 Å². The number of hydrogen-bond acceptors (Lipinski definition) is 4. The minimum Gasteiger partial charge on any atom is -0.312 e. The molecule has 1 spiro atoms. The number of carbonyl (C=O) groups excluding carboxylic acids is 2. The van der Waals surface area contributed by atoms with Gasteiger partial charge in [-0.1, -0.05) is 36.4 Å². The molecule has 1 unspecified atom stereocenters. The molecule has 0 saturated heterocycles. The summed E-state index contributed by atoms with van der Waals surface area (Å²) in [5, 5.41) is 15.2. The molecule has 0 bridgehead atoms. The minimum atomic E-state index is -4.64. The van der Waals surface area contributed by atoms with Crippen LogP contribution in [0.5, 0.6) is 0 Å². The lowest BCUT2D eigenvalue weighted by Crippen LogP contribution is -2.53. The third-order valence-electron chi connectivity index (χ3n) is 7.45. The summed E-state index contributed by atoms with van der Waals surface area (Å²) < 4.78 is 41.3. The smallest absolute Gasteiger partial charge is 0.312 e. The van der Waals surface area contributed by atoms with E-state index >= 15 is 0 Å². The van der Waals surface area contributed by atoms with Crippen molar-refractivity contribution in [1.82, 2.24) is 0 Å². The van der Waals surface area contributed by atoms with Crippen LogP contribution in [0.3, 0.4) is 0 Å². The van der Waals surface area contributed by atoms with Gasteiger partial charge in [-0.3, -0.25) is 14.5 Å². The van der Waals surface area contributed by atoms with Gasteiger partial charge in [-0.25, -0.2) is 0 Å². The Kier molecular flexibility index (Phi) is 6.17. The number of nitrogens with zero attached hydrogens (tertiary/aromatic N) is 2. The Labute approximate surface area is 217 Å². The van der Waals surface area contributed by atoms with Crippen LogP contribution in [0.25, 0.3) is 0 Å². The Morgan fingerprint density at radius 2 is 1.66 bits per heavy atom. The number of para-hydroxylation sites is 1. The maximum absolute atomic E-state index is 14.6. The molecule has 2 aliphatic rings. The highest BCUT2D eigenvalue weighted by molar-refractivity contribution is 6.27. The van der Waals surface area contributed by atoms with E-state index in [0.29, 0.717) is 23.2 Å². The SMILES string of the molecule is CCN1C(=O)C2(CCc3cc(C(C=N)C=N)ccc32)C(=O)N(c2ccccc2)c2cc(C(F)(F)F)ccc21. The fourth-order valence-electron chi connectivity index (χ4n) is 5.57. The number of aryl methyl sites for hydroxylation is 1. The molecule has 0 radical (unpaired) electrons. The van der Waals surface area contributed by atoms with Crippen molar-refractivity contribution < 1.29 is 22.8 Å². The Bertz CT molecular complexity index is 1450. The monoisotopic (exact) mass is 518 g/mol. The van der Waals surface area contributed by atoms with E-state index in [1.165, 1.54) is 15.9 Å². The number of benzene rings is 3. The maximum atomic E-state index is 14.6. The number of anilines is 3. The van der Waals surface area contributed by atoms with Crippen LogP contribution in [0.15, 0.2) is 66.7 Å². The summed E-state index contributed by atoms with van der Waals surface area (Å²) in [7, 11) is 0. The molecule has 6 nitrogen and oxygen atoms in total. The first-order valence-electron chi connectivity index (χ1n) is 12.2. The van der Waals surface area contributed by atoms with E-state index in [1.807, 2.05) is 6.07 Å². The van der Waals surface area contributed by atoms with E-state index in [4.69, 9.17) is 10.8 Å². The molecule has 0 aromatic heterocycles. The van der Waals surface area contributed by atoms with Gasteiger partial charge in [0, 0.05) is 24.7 Å². The average molecular weight is 519 g/mol. The number of halogens is 3. The zero-order chi connectivity index (χ0) is 27.2. The fraction of sp³-hybridized carbons (Fsp3) is 0.241. The molecule has 5 rings (SSSR count). The summed E-state index contributed by atoms with van der Waals surface area (Å²) in [5.41, 5.74) is 0.00765. The topological polar surface area (TPSA) is 88.3 Å². The van der Waals surface area contributed by atoms with Crippen LogP contribution in [-0.4, -0.2) is 30.8 Å². The predicted octanol–water partition coefficient (Wildman–Crippen LogP) is 6.00. The van der Waals surface area contributed by atoms with Gasteiger partial charge in [0.2, 0.25) is 5.91 Å². The van der Waals surface area contributed by atoms with E-state index in [-0.39, 0.29) is 24.3 Å². The van der Waals surface area contributed by atoms with Crippen LogP contribution in [0.2, 0.25) is 0 Å². The Hall–Kier alpha value is -4.27. The molecule has 0 saturated carbocycles. The van der Waals surface area contributed by atoms with Gasteiger partial charge >= 0.3 is 6.18 Å². The van der Waals surface area contributed by atoms with E-state index in [1.54, 1.807) is 49.4 Å². The van der Waals surface area contributed by atoms with Gasteiger partial charge in [0.1, 0.15) is 0 Å². The van der Waals surface area contributed by atoms with Crippen molar-refractivity contribution in [2.24, 2.45) is 0 Å². The molecule has 3 aromatic carbocycles. The van der Waals surface area contributed by atoms with Gasteiger partial charge < -0.3 is 15.7 Å². The molecule has 38 heavy (non-hydrogen) atoms. The summed E-state index contributed by atoms with van der Waals surface area (Å²) in [4.78, 5) is 31.5. The van der Waals surface area contributed by atoms with Crippen molar-refractivity contribution in [3.63, 3.8) is 0 Å². The predicted molar refractivity (Wildman–Crippen MR) is 140 cm³/mol. The Morgan fingerprint density at radius 3 is 2.29 bits per heavy atom. The summed E-state index contributed by atoms with van der Waals surface area (Å²) in [6.45, 7) is 1.89. The van der Waals surface area contributed by atoms with Gasteiger partial charge in [-0.2, -0.15) is 13.2 Å². The van der Waals surface area contributed by atoms with Gasteiger partial charge in [0.15, 0.2) is 5.41 Å². The number of amides is 2.